The van der Waals surface area contributed by atoms with E-state index < -0.39 is 0 Å². The van der Waals surface area contributed by atoms with E-state index >= 15 is 0 Å². The first-order valence-electron chi connectivity index (χ1n) is 3.95. The lowest BCUT2D eigenvalue weighted by atomic mass is 9.62. The van der Waals surface area contributed by atoms with Crippen LogP contribution in [0, 0.1) is 23.2 Å². The number of fused-ring (bicyclic) bond motifs is 1. The van der Waals surface area contributed by atoms with Crippen molar-refractivity contribution in [2.24, 2.45) is 17.6 Å². The van der Waals surface area contributed by atoms with Crippen LogP contribution in [0.15, 0.2) is 0 Å². The predicted octanol–water partition coefficient (Wildman–Crippen LogP) is 1.03. The maximum absolute atomic E-state index is 8.64. The van der Waals surface area contributed by atoms with E-state index in [1.165, 1.54) is 12.8 Å². The molecule has 2 rings (SSSR count). The zero-order valence-corrected chi connectivity index (χ0v) is 6.01. The van der Waals surface area contributed by atoms with E-state index in [1.807, 2.05) is 0 Å². The molecule has 0 heterocycles. The van der Waals surface area contributed by atoms with Crippen LogP contribution in [0.1, 0.15) is 25.7 Å². The average molecular weight is 136 g/mol. The first-order chi connectivity index (χ1) is 4.76. The summed E-state index contributed by atoms with van der Waals surface area (Å²) in [6, 6.07) is 2.32. The molecule has 10 heavy (non-hydrogen) atoms. The first-order valence-corrected chi connectivity index (χ1v) is 3.95. The Kier molecular flexibility index (Phi) is 1.07. The van der Waals surface area contributed by atoms with E-state index in [4.69, 9.17) is 11.0 Å². The number of hydrogen-bond acceptors (Lipinski definition) is 2. The van der Waals surface area contributed by atoms with Gasteiger partial charge >= 0.3 is 0 Å². The zero-order valence-electron chi connectivity index (χ0n) is 6.01. The molecular formula is C8H12N2. The van der Waals surface area contributed by atoms with Gasteiger partial charge in [0.1, 0.15) is 0 Å². The van der Waals surface area contributed by atoms with E-state index in [0.29, 0.717) is 5.92 Å². The van der Waals surface area contributed by atoms with Gasteiger partial charge in [0.15, 0.2) is 0 Å². The lowest BCUT2D eigenvalue weighted by Crippen LogP contribution is -2.56. The monoisotopic (exact) mass is 136 g/mol. The Balaban J connectivity index is 2.13. The lowest BCUT2D eigenvalue weighted by molar-refractivity contribution is 0.108. The standard InChI is InChI=1S/C8H12N2/c9-5-6-4-8(10)3-1-2-7(6)8/h6-7H,1-4,10H2. The van der Waals surface area contributed by atoms with Crippen LogP contribution in [-0.2, 0) is 0 Å². The highest BCUT2D eigenvalue weighted by molar-refractivity contribution is 5.15. The molecule has 2 aliphatic rings. The van der Waals surface area contributed by atoms with Gasteiger partial charge in [-0.1, -0.05) is 6.42 Å². The molecule has 3 unspecified atom stereocenters. The molecule has 0 aromatic heterocycles. The van der Waals surface area contributed by atoms with Gasteiger partial charge in [-0.2, -0.15) is 5.26 Å². The fourth-order valence-electron chi connectivity index (χ4n) is 2.51. The van der Waals surface area contributed by atoms with Crippen LogP contribution in [0.25, 0.3) is 0 Å². The minimum atomic E-state index is 0.0837. The third-order valence-electron chi connectivity index (χ3n) is 3.15. The molecule has 2 heteroatoms. The number of hydrogen-bond donors (Lipinski definition) is 1. The van der Waals surface area contributed by atoms with Crippen molar-refractivity contribution in [1.82, 2.24) is 0 Å². The largest absolute Gasteiger partial charge is 0.325 e. The Hall–Kier alpha value is -0.550. The molecule has 0 amide bonds. The van der Waals surface area contributed by atoms with Crippen molar-refractivity contribution in [2.45, 2.75) is 31.2 Å². The van der Waals surface area contributed by atoms with Crippen LogP contribution in [0.5, 0.6) is 0 Å². The maximum Gasteiger partial charge on any atom is 0.0660 e. The number of nitrogens with zero attached hydrogens (tertiary/aromatic N) is 1. The normalized spacial score (nSPS) is 51.2. The van der Waals surface area contributed by atoms with Crippen molar-refractivity contribution < 1.29 is 0 Å². The summed E-state index contributed by atoms with van der Waals surface area (Å²) >= 11 is 0. The van der Waals surface area contributed by atoms with Crippen LogP contribution in [0.2, 0.25) is 0 Å². The van der Waals surface area contributed by atoms with Crippen molar-refractivity contribution >= 4 is 0 Å². The van der Waals surface area contributed by atoms with Gasteiger partial charge in [-0.15, -0.1) is 0 Å². The van der Waals surface area contributed by atoms with Crippen molar-refractivity contribution in [3.8, 4) is 6.07 Å². The Morgan fingerprint density at radius 2 is 2.40 bits per heavy atom. The smallest absolute Gasteiger partial charge is 0.0660 e. The van der Waals surface area contributed by atoms with E-state index in [0.717, 1.165) is 12.8 Å². The highest BCUT2D eigenvalue weighted by atomic mass is 14.8. The summed E-state index contributed by atoms with van der Waals surface area (Å²) in [7, 11) is 0. The van der Waals surface area contributed by atoms with Gasteiger partial charge < -0.3 is 5.73 Å². The van der Waals surface area contributed by atoms with Gasteiger partial charge in [0.2, 0.25) is 0 Å². The molecule has 0 aliphatic heterocycles. The van der Waals surface area contributed by atoms with Crippen molar-refractivity contribution in [2.75, 3.05) is 0 Å². The minimum Gasteiger partial charge on any atom is -0.325 e. The summed E-state index contributed by atoms with van der Waals surface area (Å²) in [6.45, 7) is 0. The summed E-state index contributed by atoms with van der Waals surface area (Å²) < 4.78 is 0. The fourth-order valence-corrected chi connectivity index (χ4v) is 2.51. The number of nitrogens with two attached hydrogens (primary N) is 1. The summed E-state index contributed by atoms with van der Waals surface area (Å²) in [6.07, 6.45) is 4.53. The summed E-state index contributed by atoms with van der Waals surface area (Å²) in [5, 5.41) is 8.64. The predicted molar refractivity (Wildman–Crippen MR) is 38.0 cm³/mol. The highest BCUT2D eigenvalue weighted by Crippen LogP contribution is 2.52. The van der Waals surface area contributed by atoms with Gasteiger partial charge in [-0.05, 0) is 25.2 Å². The van der Waals surface area contributed by atoms with Crippen molar-refractivity contribution in [3.63, 3.8) is 0 Å². The highest BCUT2D eigenvalue weighted by Gasteiger charge is 2.53. The maximum atomic E-state index is 8.64. The topological polar surface area (TPSA) is 49.8 Å². The minimum absolute atomic E-state index is 0.0837. The molecule has 0 spiro atoms. The Labute approximate surface area is 61.0 Å². The quantitative estimate of drug-likeness (QED) is 0.540. The Morgan fingerprint density at radius 3 is 3.00 bits per heavy atom. The molecule has 54 valence electrons. The Morgan fingerprint density at radius 1 is 1.60 bits per heavy atom. The van der Waals surface area contributed by atoms with Crippen LogP contribution in [-0.4, -0.2) is 5.54 Å². The second-order valence-electron chi connectivity index (χ2n) is 3.67. The van der Waals surface area contributed by atoms with Crippen LogP contribution < -0.4 is 5.73 Å². The van der Waals surface area contributed by atoms with Crippen LogP contribution in [0.4, 0.5) is 0 Å². The molecule has 3 atom stereocenters. The lowest BCUT2D eigenvalue weighted by Gasteiger charge is -2.45. The van der Waals surface area contributed by atoms with Gasteiger partial charge in [-0.25, -0.2) is 0 Å². The second kappa shape index (κ2) is 1.73. The molecule has 0 aromatic carbocycles. The molecular weight excluding hydrogens is 124 g/mol. The first kappa shape index (κ1) is 6.18. The molecule has 0 bridgehead atoms. The van der Waals surface area contributed by atoms with E-state index in [2.05, 4.69) is 6.07 Å². The zero-order chi connectivity index (χ0) is 7.19. The molecule has 2 fully saturated rings. The second-order valence-corrected chi connectivity index (χ2v) is 3.67. The third kappa shape index (κ3) is 0.564. The van der Waals surface area contributed by atoms with Crippen LogP contribution >= 0.6 is 0 Å². The third-order valence-corrected chi connectivity index (χ3v) is 3.15. The van der Waals surface area contributed by atoms with Gasteiger partial charge in [0.05, 0.1) is 12.0 Å². The average Bonchev–Trinajstić information content (AvgIpc) is 2.16. The number of nitriles is 1. The molecule has 2 saturated carbocycles. The SMILES string of the molecule is N#CC1CC2(N)CCCC12. The van der Waals surface area contributed by atoms with E-state index in [1.54, 1.807) is 0 Å². The van der Waals surface area contributed by atoms with E-state index in [9.17, 15) is 0 Å². The summed E-state index contributed by atoms with van der Waals surface area (Å²) in [5.41, 5.74) is 6.11. The molecule has 0 aromatic rings. The fraction of sp³-hybridized carbons (Fsp3) is 0.875. The number of rotatable bonds is 0. The Bertz CT molecular complexity index is 194. The molecule has 2 aliphatic carbocycles. The summed E-state index contributed by atoms with van der Waals surface area (Å²) in [4.78, 5) is 0. The van der Waals surface area contributed by atoms with Crippen molar-refractivity contribution in [3.05, 3.63) is 0 Å². The van der Waals surface area contributed by atoms with Gasteiger partial charge in [0, 0.05) is 5.54 Å². The molecule has 0 radical (unpaired) electrons. The van der Waals surface area contributed by atoms with Gasteiger partial charge in [-0.3, -0.25) is 0 Å². The van der Waals surface area contributed by atoms with Crippen molar-refractivity contribution in [1.29, 1.82) is 5.26 Å². The molecule has 0 saturated heterocycles. The van der Waals surface area contributed by atoms with Crippen LogP contribution in [0.3, 0.4) is 0 Å². The van der Waals surface area contributed by atoms with E-state index in [-0.39, 0.29) is 11.5 Å². The molecule has 2 nitrogen and oxygen atoms in total. The summed E-state index contributed by atoms with van der Waals surface area (Å²) in [5.74, 6) is 0.824. The van der Waals surface area contributed by atoms with Gasteiger partial charge in [0.25, 0.3) is 0 Å². The molecule has 2 N–H and O–H groups in total.